The quantitative estimate of drug-likeness (QED) is 0.680. The van der Waals surface area contributed by atoms with E-state index in [1.165, 1.54) is 24.2 Å². The van der Waals surface area contributed by atoms with Crippen molar-refractivity contribution < 1.29 is 9.59 Å². The lowest BCUT2D eigenvalue weighted by Gasteiger charge is -2.31. The van der Waals surface area contributed by atoms with Crippen LogP contribution in [0.3, 0.4) is 0 Å². The van der Waals surface area contributed by atoms with E-state index in [9.17, 15) is 9.59 Å². The van der Waals surface area contributed by atoms with E-state index in [2.05, 4.69) is 26.4 Å². The maximum absolute atomic E-state index is 13.4. The predicted molar refractivity (Wildman–Crippen MR) is 119 cm³/mol. The number of aryl methyl sites for hydroxylation is 1. The molecule has 8 nitrogen and oxygen atoms in total. The molecule has 0 saturated carbocycles. The van der Waals surface area contributed by atoms with E-state index in [1.807, 2.05) is 36.8 Å². The van der Waals surface area contributed by atoms with Gasteiger partial charge < -0.3 is 15.1 Å². The van der Waals surface area contributed by atoms with Gasteiger partial charge in [-0.1, -0.05) is 6.07 Å². The van der Waals surface area contributed by atoms with Crippen molar-refractivity contribution in [3.8, 4) is 0 Å². The largest absolute Gasteiger partial charge is 0.372 e. The molecule has 1 N–H and O–H groups in total. The first kappa shape index (κ1) is 19.7. The number of fused-ring (bicyclic) bond motifs is 1. The number of benzene rings is 1. The summed E-state index contributed by atoms with van der Waals surface area (Å²) in [5, 5.41) is 9.73. The van der Waals surface area contributed by atoms with Gasteiger partial charge in [-0.05, 0) is 31.0 Å². The van der Waals surface area contributed by atoms with Crippen molar-refractivity contribution in [3.05, 3.63) is 58.9 Å². The Kier molecular flexibility index (Phi) is 5.19. The molecule has 1 aromatic carbocycles. The van der Waals surface area contributed by atoms with Gasteiger partial charge in [0.1, 0.15) is 5.92 Å². The lowest BCUT2D eigenvalue weighted by Crippen LogP contribution is -2.42. The second-order valence-electron chi connectivity index (χ2n) is 8.02. The zero-order valence-corrected chi connectivity index (χ0v) is 18.1. The average molecular weight is 437 g/mol. The van der Waals surface area contributed by atoms with Gasteiger partial charge in [-0.3, -0.25) is 14.3 Å². The minimum atomic E-state index is -0.542. The second-order valence-corrected chi connectivity index (χ2v) is 8.92. The molecule has 0 unspecified atom stereocenters. The molecule has 3 aromatic rings. The number of anilines is 2. The molecule has 1 atom stereocenters. The highest BCUT2D eigenvalue weighted by atomic mass is 32.1. The fourth-order valence-electron chi connectivity index (χ4n) is 4.38. The fraction of sp³-hybridized carbons (Fsp3) is 0.364. The van der Waals surface area contributed by atoms with Crippen molar-refractivity contribution in [2.45, 2.75) is 25.3 Å². The van der Waals surface area contributed by atoms with Gasteiger partial charge in [0.2, 0.25) is 5.91 Å². The lowest BCUT2D eigenvalue weighted by atomic mass is 9.95. The summed E-state index contributed by atoms with van der Waals surface area (Å²) in [5.74, 6) is -0.805. The second kappa shape index (κ2) is 8.14. The monoisotopic (exact) mass is 436 g/mol. The molecule has 2 amide bonds. The number of hydrogen-bond acceptors (Lipinski definition) is 6. The molecule has 4 heterocycles. The highest BCUT2D eigenvalue weighted by molar-refractivity contribution is 7.13. The Hall–Kier alpha value is -3.20. The summed E-state index contributed by atoms with van der Waals surface area (Å²) in [5.41, 5.74) is 3.36. The van der Waals surface area contributed by atoms with Crippen LogP contribution in [0.1, 0.15) is 40.4 Å². The molecule has 2 aromatic heterocycles. The van der Waals surface area contributed by atoms with E-state index in [4.69, 9.17) is 0 Å². The van der Waals surface area contributed by atoms with E-state index in [-0.39, 0.29) is 18.4 Å². The van der Waals surface area contributed by atoms with E-state index in [0.717, 1.165) is 30.0 Å². The number of carbonyl (C=O) groups is 2. The molecule has 31 heavy (non-hydrogen) atoms. The molecule has 0 aliphatic carbocycles. The summed E-state index contributed by atoms with van der Waals surface area (Å²) >= 11 is 1.37. The third-order valence-corrected chi connectivity index (χ3v) is 6.55. The molecule has 9 heteroatoms. The van der Waals surface area contributed by atoms with Crippen LogP contribution in [0.4, 0.5) is 10.8 Å². The number of carbonyl (C=O) groups excluding carboxylic acids is 2. The van der Waals surface area contributed by atoms with Gasteiger partial charge in [0.05, 0.1) is 5.69 Å². The number of aromatic nitrogens is 3. The van der Waals surface area contributed by atoms with Crippen LogP contribution in [0.5, 0.6) is 0 Å². The number of nitrogens with zero attached hydrogens (tertiary/aromatic N) is 5. The third kappa shape index (κ3) is 3.93. The topological polar surface area (TPSA) is 83.4 Å². The van der Waals surface area contributed by atoms with Crippen LogP contribution in [0.25, 0.3) is 0 Å². The van der Waals surface area contributed by atoms with E-state index < -0.39 is 5.92 Å². The summed E-state index contributed by atoms with van der Waals surface area (Å²) in [4.78, 5) is 34.6. The van der Waals surface area contributed by atoms with Crippen LogP contribution >= 0.6 is 11.3 Å². The summed E-state index contributed by atoms with van der Waals surface area (Å²) < 4.78 is 1.70. The zero-order chi connectivity index (χ0) is 21.4. The van der Waals surface area contributed by atoms with Crippen molar-refractivity contribution in [1.82, 2.24) is 19.7 Å². The fourth-order valence-corrected chi connectivity index (χ4v) is 4.91. The van der Waals surface area contributed by atoms with Gasteiger partial charge in [0.15, 0.2) is 5.13 Å². The Morgan fingerprint density at radius 2 is 2.06 bits per heavy atom. The molecule has 160 valence electrons. The van der Waals surface area contributed by atoms with E-state index >= 15 is 0 Å². The van der Waals surface area contributed by atoms with Gasteiger partial charge in [0.25, 0.3) is 5.91 Å². The minimum absolute atomic E-state index is 0.0670. The molecule has 1 fully saturated rings. The Bertz CT molecular complexity index is 1100. The van der Waals surface area contributed by atoms with Gasteiger partial charge >= 0.3 is 0 Å². The Labute approximate surface area is 184 Å². The standard InChI is InChI=1S/C22H24N6O2S/c1-26-12-16-13-28(14-18(19(16)25-26)20(29)24-22-23-7-10-31-22)21(30)15-5-4-6-17(11-15)27-8-2-3-9-27/h4-7,10-12,18H,2-3,8-9,13-14H2,1H3,(H,23,24,29)/t18-/m1/s1. The van der Waals surface area contributed by atoms with Crippen molar-refractivity contribution >= 4 is 34.0 Å². The maximum Gasteiger partial charge on any atom is 0.254 e. The van der Waals surface area contributed by atoms with Crippen LogP contribution in [0, 0.1) is 0 Å². The number of thiazole rings is 1. The van der Waals surface area contributed by atoms with Crippen molar-refractivity contribution in [1.29, 1.82) is 0 Å². The average Bonchev–Trinajstić information content (AvgIpc) is 3.54. The molecular formula is C22H24N6O2S. The number of nitrogens with one attached hydrogen (secondary N) is 1. The van der Waals surface area contributed by atoms with Crippen molar-refractivity contribution in [3.63, 3.8) is 0 Å². The first-order chi connectivity index (χ1) is 15.1. The molecule has 2 aliphatic rings. The minimum Gasteiger partial charge on any atom is -0.372 e. The molecule has 0 spiro atoms. The van der Waals surface area contributed by atoms with Crippen molar-refractivity contribution in [2.75, 3.05) is 29.9 Å². The molecular weight excluding hydrogens is 412 g/mol. The van der Waals surface area contributed by atoms with Gasteiger partial charge in [-0.25, -0.2) is 4.98 Å². The molecule has 1 saturated heterocycles. The summed E-state index contributed by atoms with van der Waals surface area (Å²) in [6.45, 7) is 2.78. The van der Waals surface area contributed by atoms with Crippen molar-refractivity contribution in [2.24, 2.45) is 7.05 Å². The molecule has 0 bridgehead atoms. The van der Waals surface area contributed by atoms with Crippen LogP contribution < -0.4 is 10.2 Å². The van der Waals surface area contributed by atoms with Gasteiger partial charge in [0, 0.05) is 67.8 Å². The Balaban J connectivity index is 1.40. The maximum atomic E-state index is 13.4. The summed E-state index contributed by atoms with van der Waals surface area (Å²) in [6, 6.07) is 7.82. The van der Waals surface area contributed by atoms with Crippen LogP contribution in [-0.4, -0.2) is 51.1 Å². The van der Waals surface area contributed by atoms with E-state index in [1.54, 1.807) is 15.8 Å². The molecule has 2 aliphatic heterocycles. The van der Waals surface area contributed by atoms with Gasteiger partial charge in [-0.2, -0.15) is 5.10 Å². The smallest absolute Gasteiger partial charge is 0.254 e. The van der Waals surface area contributed by atoms with E-state index in [0.29, 0.717) is 17.2 Å². The summed E-state index contributed by atoms with van der Waals surface area (Å²) in [7, 11) is 1.83. The Morgan fingerprint density at radius 1 is 1.23 bits per heavy atom. The Morgan fingerprint density at radius 3 is 2.84 bits per heavy atom. The first-order valence-electron chi connectivity index (χ1n) is 10.5. The number of amides is 2. The lowest BCUT2D eigenvalue weighted by molar-refractivity contribution is -0.118. The third-order valence-electron chi connectivity index (χ3n) is 5.86. The highest BCUT2D eigenvalue weighted by Gasteiger charge is 2.36. The normalized spacial score (nSPS) is 18.2. The SMILES string of the molecule is Cn1cc2c(n1)[C@H](C(=O)Nc1nccs1)CN(C(=O)c1cccc(N3CCCC3)c1)C2. The summed E-state index contributed by atoms with van der Waals surface area (Å²) in [6.07, 6.45) is 5.91. The van der Waals surface area contributed by atoms with Crippen LogP contribution in [0.15, 0.2) is 42.0 Å². The number of rotatable bonds is 4. The predicted octanol–water partition coefficient (Wildman–Crippen LogP) is 2.86. The molecule has 5 rings (SSSR count). The zero-order valence-electron chi connectivity index (χ0n) is 17.3. The van der Waals surface area contributed by atoms with Gasteiger partial charge in [-0.15, -0.1) is 11.3 Å². The molecule has 0 radical (unpaired) electrons. The van der Waals surface area contributed by atoms with Crippen LogP contribution in [0.2, 0.25) is 0 Å². The first-order valence-corrected chi connectivity index (χ1v) is 11.3. The van der Waals surface area contributed by atoms with Crippen LogP contribution in [-0.2, 0) is 18.4 Å². The number of hydrogen-bond donors (Lipinski definition) is 1. The highest BCUT2D eigenvalue weighted by Crippen LogP contribution is 2.30.